The second-order valence-corrected chi connectivity index (χ2v) is 5.65. The lowest BCUT2D eigenvalue weighted by Gasteiger charge is -2.20. The Labute approximate surface area is 115 Å². The number of rotatable bonds is 6. The summed E-state index contributed by atoms with van der Waals surface area (Å²) in [7, 11) is 0. The zero-order valence-corrected chi connectivity index (χ0v) is 12.3. The normalized spacial score (nSPS) is 13.1. The molecular weight excluding hydrogens is 253 g/mol. The van der Waals surface area contributed by atoms with Crippen molar-refractivity contribution in [3.8, 4) is 0 Å². The third kappa shape index (κ3) is 5.29. The van der Waals surface area contributed by atoms with Crippen molar-refractivity contribution in [2.45, 2.75) is 39.7 Å². The molecule has 0 saturated heterocycles. The smallest absolute Gasteiger partial charge is 0.0595 e. The summed E-state index contributed by atoms with van der Waals surface area (Å²) in [4.78, 5) is 0. The van der Waals surface area contributed by atoms with Crippen LogP contribution in [0.25, 0.3) is 0 Å². The van der Waals surface area contributed by atoms with Crippen LogP contribution < -0.4 is 5.32 Å². The fraction of sp³-hybridized carbons (Fsp3) is 0.571. The minimum atomic E-state index is 0.511. The summed E-state index contributed by atoms with van der Waals surface area (Å²) in [6.07, 6.45) is 2.18. The van der Waals surface area contributed by atoms with Crippen LogP contribution in [0.5, 0.6) is 0 Å². The van der Waals surface area contributed by atoms with Crippen molar-refractivity contribution in [3.05, 3.63) is 33.8 Å². The average molecular weight is 274 g/mol. The van der Waals surface area contributed by atoms with Crippen LogP contribution >= 0.6 is 23.2 Å². The summed E-state index contributed by atoms with van der Waals surface area (Å²) in [5.41, 5.74) is 1.24. The summed E-state index contributed by atoms with van der Waals surface area (Å²) < 4.78 is 0. The zero-order chi connectivity index (χ0) is 12.8. The monoisotopic (exact) mass is 273 g/mol. The van der Waals surface area contributed by atoms with Gasteiger partial charge in [-0.3, -0.25) is 0 Å². The van der Waals surface area contributed by atoms with E-state index in [2.05, 4.69) is 32.2 Å². The molecule has 3 heteroatoms. The molecule has 0 aliphatic rings. The maximum Gasteiger partial charge on any atom is 0.0595 e. The van der Waals surface area contributed by atoms with Gasteiger partial charge in [-0.1, -0.05) is 50.0 Å². The fourth-order valence-electron chi connectivity index (χ4n) is 2.05. The molecule has 0 aromatic heterocycles. The third-order valence-electron chi connectivity index (χ3n) is 2.71. The number of hydrogen-bond donors (Lipinski definition) is 1. The van der Waals surface area contributed by atoms with E-state index in [1.165, 1.54) is 12.0 Å². The van der Waals surface area contributed by atoms with E-state index < -0.39 is 0 Å². The van der Waals surface area contributed by atoms with Crippen molar-refractivity contribution >= 4 is 23.2 Å². The summed E-state index contributed by atoms with van der Waals surface area (Å²) >= 11 is 11.9. The molecule has 1 unspecified atom stereocenters. The quantitative estimate of drug-likeness (QED) is 0.801. The molecule has 0 fully saturated rings. The number of likely N-dealkylation sites (N-methyl/N-ethyl adjacent to an activating group) is 1. The van der Waals surface area contributed by atoms with Gasteiger partial charge in [0, 0.05) is 6.04 Å². The van der Waals surface area contributed by atoms with Crippen molar-refractivity contribution in [1.29, 1.82) is 0 Å². The van der Waals surface area contributed by atoms with Crippen LogP contribution in [0.1, 0.15) is 32.8 Å². The van der Waals surface area contributed by atoms with Gasteiger partial charge in [-0.05, 0) is 43.0 Å². The Hall–Kier alpha value is -0.240. The number of nitrogens with one attached hydrogen (secondary N) is 1. The Bertz CT molecular complexity index is 350. The number of halogens is 2. The van der Waals surface area contributed by atoms with E-state index in [1.807, 2.05) is 12.1 Å². The third-order valence-corrected chi connectivity index (χ3v) is 3.45. The van der Waals surface area contributed by atoms with Gasteiger partial charge in [-0.25, -0.2) is 0 Å². The lowest BCUT2D eigenvalue weighted by molar-refractivity contribution is 0.424. The Kier molecular flexibility index (Phi) is 6.32. The predicted octanol–water partition coefficient (Wildman–Crippen LogP) is 4.56. The molecule has 1 N–H and O–H groups in total. The minimum Gasteiger partial charge on any atom is -0.314 e. The first-order valence-corrected chi connectivity index (χ1v) is 6.95. The van der Waals surface area contributed by atoms with Crippen LogP contribution in [0.4, 0.5) is 0 Å². The van der Waals surface area contributed by atoms with E-state index in [0.717, 1.165) is 13.0 Å². The van der Waals surface area contributed by atoms with Crippen molar-refractivity contribution in [2.75, 3.05) is 6.54 Å². The van der Waals surface area contributed by atoms with Crippen molar-refractivity contribution in [1.82, 2.24) is 5.32 Å². The zero-order valence-electron chi connectivity index (χ0n) is 10.8. The van der Waals surface area contributed by atoms with Gasteiger partial charge in [0.15, 0.2) is 0 Å². The van der Waals surface area contributed by atoms with Gasteiger partial charge in [-0.15, -0.1) is 0 Å². The number of hydrogen-bond acceptors (Lipinski definition) is 1. The molecule has 1 atom stereocenters. The second kappa shape index (κ2) is 7.25. The molecule has 96 valence electrons. The SMILES string of the molecule is CCNC(Cc1ccc(Cl)c(Cl)c1)CC(C)C. The minimum absolute atomic E-state index is 0.511. The summed E-state index contributed by atoms with van der Waals surface area (Å²) in [5, 5.41) is 4.79. The van der Waals surface area contributed by atoms with Crippen molar-refractivity contribution in [3.63, 3.8) is 0 Å². The molecule has 0 spiro atoms. The molecule has 0 saturated carbocycles. The Balaban J connectivity index is 2.67. The molecule has 1 rings (SSSR count). The first kappa shape index (κ1) is 14.8. The highest BCUT2D eigenvalue weighted by Crippen LogP contribution is 2.23. The second-order valence-electron chi connectivity index (χ2n) is 4.84. The number of benzene rings is 1. The predicted molar refractivity (Wildman–Crippen MR) is 77.1 cm³/mol. The van der Waals surface area contributed by atoms with Gasteiger partial charge >= 0.3 is 0 Å². The van der Waals surface area contributed by atoms with Crippen molar-refractivity contribution < 1.29 is 0 Å². The lowest BCUT2D eigenvalue weighted by atomic mass is 9.97. The van der Waals surface area contributed by atoms with Crippen LogP contribution in [-0.2, 0) is 6.42 Å². The van der Waals surface area contributed by atoms with Gasteiger partial charge in [0.1, 0.15) is 0 Å². The Morgan fingerprint density at radius 3 is 2.41 bits per heavy atom. The average Bonchev–Trinajstić information content (AvgIpc) is 2.23. The van der Waals surface area contributed by atoms with Gasteiger partial charge in [-0.2, -0.15) is 0 Å². The highest BCUT2D eigenvalue weighted by atomic mass is 35.5. The molecule has 0 heterocycles. The topological polar surface area (TPSA) is 12.0 Å². The molecule has 1 aromatic carbocycles. The molecule has 0 bridgehead atoms. The first-order valence-electron chi connectivity index (χ1n) is 6.20. The van der Waals surface area contributed by atoms with E-state index in [1.54, 1.807) is 0 Å². The van der Waals surface area contributed by atoms with Crippen molar-refractivity contribution in [2.24, 2.45) is 5.92 Å². The molecule has 1 nitrogen and oxygen atoms in total. The van der Waals surface area contributed by atoms with Gasteiger partial charge < -0.3 is 5.32 Å². The molecular formula is C14H21Cl2N. The fourth-order valence-corrected chi connectivity index (χ4v) is 2.37. The standard InChI is InChI=1S/C14H21Cl2N/c1-4-17-12(7-10(2)3)8-11-5-6-13(15)14(16)9-11/h5-6,9-10,12,17H,4,7-8H2,1-3H3. The maximum atomic E-state index is 6.03. The lowest BCUT2D eigenvalue weighted by Crippen LogP contribution is -2.32. The highest BCUT2D eigenvalue weighted by Gasteiger charge is 2.11. The summed E-state index contributed by atoms with van der Waals surface area (Å²) in [6.45, 7) is 7.64. The maximum absolute atomic E-state index is 6.03. The Morgan fingerprint density at radius 1 is 1.18 bits per heavy atom. The van der Waals surface area contributed by atoms with E-state index in [4.69, 9.17) is 23.2 Å². The molecule has 0 amide bonds. The van der Waals surface area contributed by atoms with Crippen LogP contribution in [0.2, 0.25) is 10.0 Å². The van der Waals surface area contributed by atoms with Gasteiger partial charge in [0.25, 0.3) is 0 Å². The summed E-state index contributed by atoms with van der Waals surface area (Å²) in [5.74, 6) is 0.696. The van der Waals surface area contributed by atoms with Gasteiger partial charge in [0.2, 0.25) is 0 Å². The molecule has 0 aliphatic heterocycles. The van der Waals surface area contributed by atoms with E-state index in [-0.39, 0.29) is 0 Å². The molecule has 17 heavy (non-hydrogen) atoms. The largest absolute Gasteiger partial charge is 0.314 e. The van der Waals surface area contributed by atoms with Gasteiger partial charge in [0.05, 0.1) is 10.0 Å². The first-order chi connectivity index (χ1) is 8.02. The van der Waals surface area contributed by atoms with Crippen LogP contribution in [0.3, 0.4) is 0 Å². The molecule has 1 aromatic rings. The molecule has 0 radical (unpaired) electrons. The van der Waals surface area contributed by atoms with E-state index >= 15 is 0 Å². The Morgan fingerprint density at radius 2 is 1.88 bits per heavy atom. The van der Waals surface area contributed by atoms with E-state index in [9.17, 15) is 0 Å². The van der Waals surface area contributed by atoms with Crippen LogP contribution in [-0.4, -0.2) is 12.6 Å². The van der Waals surface area contributed by atoms with Crippen LogP contribution in [0, 0.1) is 5.92 Å². The van der Waals surface area contributed by atoms with E-state index in [0.29, 0.717) is 22.0 Å². The molecule has 0 aliphatic carbocycles. The summed E-state index contributed by atoms with van der Waals surface area (Å²) in [6, 6.07) is 6.41. The van der Waals surface area contributed by atoms with Crippen LogP contribution in [0.15, 0.2) is 18.2 Å². The highest BCUT2D eigenvalue weighted by molar-refractivity contribution is 6.42.